The molecular weight excluding hydrogens is 807 g/mol. The van der Waals surface area contributed by atoms with Crippen LogP contribution in [-0.2, 0) is 0 Å². The van der Waals surface area contributed by atoms with Crippen LogP contribution in [0.2, 0.25) is 0 Å². The fourth-order valence-electron chi connectivity index (χ4n) is 10.6. The van der Waals surface area contributed by atoms with Gasteiger partial charge in [0.2, 0.25) is 0 Å². The molecule has 310 valence electrons. The van der Waals surface area contributed by atoms with Gasteiger partial charge in [-0.15, -0.1) is 0 Å². The second kappa shape index (κ2) is 14.2. The highest BCUT2D eigenvalue weighted by Crippen LogP contribution is 2.43. The van der Waals surface area contributed by atoms with Gasteiger partial charge in [0, 0.05) is 54.9 Å². The largest absolute Gasteiger partial charge is 0.456 e. The van der Waals surface area contributed by atoms with Crippen molar-refractivity contribution in [2.24, 2.45) is 15.9 Å². The number of para-hydroxylation sites is 2. The lowest BCUT2D eigenvalue weighted by atomic mass is 9.89. The molecule has 4 heterocycles. The van der Waals surface area contributed by atoms with E-state index in [0.717, 1.165) is 88.7 Å². The summed E-state index contributed by atoms with van der Waals surface area (Å²) >= 11 is 0. The normalized spacial score (nSPS) is 15.6. The number of hydrogen-bond donors (Lipinski definition) is 0. The number of furan rings is 2. The predicted molar refractivity (Wildman–Crippen MR) is 276 cm³/mol. The van der Waals surface area contributed by atoms with Crippen molar-refractivity contribution in [3.05, 3.63) is 217 Å². The Morgan fingerprint density at radius 2 is 1.00 bits per heavy atom. The molecule has 1 unspecified atom stereocenters. The van der Waals surface area contributed by atoms with Gasteiger partial charge in [0.25, 0.3) is 0 Å². The fraction of sp³-hybridized carbons (Fsp3) is 0.0492. The van der Waals surface area contributed by atoms with Gasteiger partial charge in [-0.3, -0.25) is 0 Å². The van der Waals surface area contributed by atoms with Gasteiger partial charge >= 0.3 is 0 Å². The van der Waals surface area contributed by atoms with Crippen molar-refractivity contribution >= 4 is 115 Å². The monoisotopic (exact) mass is 845 g/mol. The molecule has 0 spiro atoms. The Hall–Kier alpha value is -8.54. The summed E-state index contributed by atoms with van der Waals surface area (Å²) in [7, 11) is 0. The molecule has 0 aliphatic carbocycles. The van der Waals surface area contributed by atoms with Crippen molar-refractivity contribution in [1.29, 1.82) is 0 Å². The van der Waals surface area contributed by atoms with Gasteiger partial charge in [-0.1, -0.05) is 146 Å². The highest BCUT2D eigenvalue weighted by Gasteiger charge is 2.28. The first-order chi connectivity index (χ1) is 32.6. The smallest absolute Gasteiger partial charge is 0.160 e. The van der Waals surface area contributed by atoms with E-state index in [0.29, 0.717) is 12.3 Å². The van der Waals surface area contributed by atoms with E-state index in [1.807, 2.05) is 24.3 Å². The number of aromatic nitrogens is 1. The molecule has 3 aromatic heterocycles. The van der Waals surface area contributed by atoms with E-state index < -0.39 is 0 Å². The first-order valence-electron chi connectivity index (χ1n) is 22.7. The minimum absolute atomic E-state index is 0.0426. The number of nitrogens with zero attached hydrogens (tertiary/aromatic N) is 3. The second-order valence-electron chi connectivity index (χ2n) is 17.7. The molecule has 66 heavy (non-hydrogen) atoms. The molecule has 5 nitrogen and oxygen atoms in total. The van der Waals surface area contributed by atoms with E-state index in [1.54, 1.807) is 0 Å². The summed E-state index contributed by atoms with van der Waals surface area (Å²) < 4.78 is 15.7. The minimum atomic E-state index is -0.0426. The summed E-state index contributed by atoms with van der Waals surface area (Å²) in [6.07, 6.45) is 3.02. The Balaban J connectivity index is 1.12. The standard InChI is InChI=1S/C61H39N3O2/c1-36-25-28-49(43-27-26-37-13-2-3-14-38(37)31-43)62-61(46-21-12-24-55-57(46)44-19-8-10-22-53(44)65-55)63-60(36)59-50(29-30-56-58(59)45-20-9-11-23-54(45)66-56)64-51-34-41-17-6-4-15-39(41)32-47(51)48-33-40-16-5-7-18-42(40)35-52(48)64/h2-24,26-36H,25H2,1H3/b49-28+,62-61?,63-60?. The van der Waals surface area contributed by atoms with Gasteiger partial charge < -0.3 is 13.4 Å². The van der Waals surface area contributed by atoms with Crippen LogP contribution in [0.15, 0.2) is 219 Å². The van der Waals surface area contributed by atoms with Crippen molar-refractivity contribution in [3.8, 4) is 5.69 Å². The molecule has 0 fully saturated rings. The summed E-state index contributed by atoms with van der Waals surface area (Å²) in [4.78, 5) is 11.6. The van der Waals surface area contributed by atoms with Crippen LogP contribution in [0, 0.1) is 5.92 Å². The van der Waals surface area contributed by atoms with E-state index in [2.05, 4.69) is 187 Å². The number of rotatable bonds is 4. The van der Waals surface area contributed by atoms with Crippen LogP contribution in [-0.4, -0.2) is 16.1 Å². The average molecular weight is 846 g/mol. The van der Waals surface area contributed by atoms with E-state index >= 15 is 0 Å². The van der Waals surface area contributed by atoms with Crippen molar-refractivity contribution in [1.82, 2.24) is 4.57 Å². The van der Waals surface area contributed by atoms with Crippen LogP contribution < -0.4 is 0 Å². The molecule has 0 saturated heterocycles. The molecule has 0 amide bonds. The van der Waals surface area contributed by atoms with Crippen LogP contribution >= 0.6 is 0 Å². The fourth-order valence-corrected chi connectivity index (χ4v) is 10.6. The lowest BCUT2D eigenvalue weighted by Crippen LogP contribution is -2.19. The quantitative estimate of drug-likeness (QED) is 0.177. The zero-order chi connectivity index (χ0) is 43.5. The van der Waals surface area contributed by atoms with Gasteiger partial charge in [-0.2, -0.15) is 0 Å². The average Bonchev–Trinajstić information content (AvgIpc) is 4.03. The van der Waals surface area contributed by atoms with Gasteiger partial charge in [0.1, 0.15) is 22.3 Å². The highest BCUT2D eigenvalue weighted by molar-refractivity contribution is 6.28. The van der Waals surface area contributed by atoms with Crippen molar-refractivity contribution < 1.29 is 8.83 Å². The Morgan fingerprint density at radius 3 is 1.67 bits per heavy atom. The van der Waals surface area contributed by atoms with Gasteiger partial charge in [-0.05, 0) is 99.4 Å². The molecule has 13 aromatic rings. The van der Waals surface area contributed by atoms with Gasteiger partial charge in [-0.25, -0.2) is 9.98 Å². The summed E-state index contributed by atoms with van der Waals surface area (Å²) in [5, 5.41) is 13.7. The lowest BCUT2D eigenvalue weighted by Gasteiger charge is -2.22. The van der Waals surface area contributed by atoms with Crippen LogP contribution in [0.5, 0.6) is 0 Å². The number of allylic oxidation sites excluding steroid dienone is 1. The van der Waals surface area contributed by atoms with Crippen LogP contribution in [0.25, 0.3) is 109 Å². The van der Waals surface area contributed by atoms with E-state index in [-0.39, 0.29) is 5.92 Å². The molecule has 0 bridgehead atoms. The molecule has 5 heteroatoms. The zero-order valence-corrected chi connectivity index (χ0v) is 36.0. The molecule has 0 N–H and O–H groups in total. The maximum Gasteiger partial charge on any atom is 0.160 e. The Kier molecular flexibility index (Phi) is 7.96. The third kappa shape index (κ3) is 5.60. The lowest BCUT2D eigenvalue weighted by molar-refractivity contribution is 0.668. The maximum atomic E-state index is 6.74. The Labute approximate surface area is 378 Å². The molecule has 14 rings (SSSR count). The number of fused-ring (bicyclic) bond motifs is 12. The molecular formula is C61H39N3O2. The van der Waals surface area contributed by atoms with Crippen LogP contribution in [0.1, 0.15) is 30.0 Å². The van der Waals surface area contributed by atoms with Crippen molar-refractivity contribution in [2.75, 3.05) is 0 Å². The predicted octanol–water partition coefficient (Wildman–Crippen LogP) is 16.4. The maximum absolute atomic E-state index is 6.74. The summed E-state index contributed by atoms with van der Waals surface area (Å²) in [5.41, 5.74) is 11.4. The first kappa shape index (κ1) is 36.9. The van der Waals surface area contributed by atoms with Crippen LogP contribution in [0.4, 0.5) is 0 Å². The van der Waals surface area contributed by atoms with Crippen molar-refractivity contribution in [3.63, 3.8) is 0 Å². The zero-order valence-electron chi connectivity index (χ0n) is 36.0. The van der Waals surface area contributed by atoms with Gasteiger partial charge in [0.15, 0.2) is 5.84 Å². The SMILES string of the molecule is CC1C/C=C(\c2ccc3ccccc3c2)N=C(c2cccc3oc4ccccc4c23)N=C1c1c(-n2c3cc4ccccc4cc3c3cc4ccccc4cc32)ccc2oc3ccccc3c12. The molecule has 10 aromatic carbocycles. The molecule has 0 saturated carbocycles. The van der Waals surface area contributed by atoms with Crippen LogP contribution in [0.3, 0.4) is 0 Å². The second-order valence-corrected chi connectivity index (χ2v) is 17.7. The molecule has 1 aliphatic heterocycles. The molecule has 1 atom stereocenters. The summed E-state index contributed by atoms with van der Waals surface area (Å²) in [5.74, 6) is 0.585. The number of aliphatic imine (C=N–C) groups is 2. The summed E-state index contributed by atoms with van der Waals surface area (Å²) in [6.45, 7) is 2.31. The van der Waals surface area contributed by atoms with E-state index in [1.165, 1.54) is 43.1 Å². The van der Waals surface area contributed by atoms with E-state index in [4.69, 9.17) is 18.8 Å². The van der Waals surface area contributed by atoms with E-state index in [9.17, 15) is 0 Å². The van der Waals surface area contributed by atoms with Crippen molar-refractivity contribution in [2.45, 2.75) is 13.3 Å². The summed E-state index contributed by atoms with van der Waals surface area (Å²) in [6, 6.07) is 69.2. The minimum Gasteiger partial charge on any atom is -0.456 e. The molecule has 0 radical (unpaired) electrons. The third-order valence-corrected chi connectivity index (χ3v) is 13.8. The molecule has 1 aliphatic rings. The third-order valence-electron chi connectivity index (χ3n) is 13.8. The number of hydrogen-bond acceptors (Lipinski definition) is 4. The Morgan fingerprint density at radius 1 is 0.455 bits per heavy atom. The number of amidine groups is 1. The Bertz CT molecular complexity index is 4200. The number of benzene rings is 10. The topological polar surface area (TPSA) is 55.9 Å². The highest BCUT2D eigenvalue weighted by atomic mass is 16.3. The first-order valence-corrected chi connectivity index (χ1v) is 22.7. The van der Waals surface area contributed by atoms with Gasteiger partial charge in [0.05, 0.1) is 28.1 Å².